The summed E-state index contributed by atoms with van der Waals surface area (Å²) in [6, 6.07) is 0.550. The summed E-state index contributed by atoms with van der Waals surface area (Å²) in [6.45, 7) is 3.98. The predicted octanol–water partition coefficient (Wildman–Crippen LogP) is 1.93. The van der Waals surface area contributed by atoms with E-state index in [1.807, 2.05) is 0 Å². The van der Waals surface area contributed by atoms with Crippen molar-refractivity contribution < 1.29 is 14.8 Å². The lowest BCUT2D eigenvalue weighted by molar-refractivity contribution is -0.529. The van der Waals surface area contributed by atoms with Gasteiger partial charge in [-0.15, -0.1) is 0 Å². The number of aromatic carboxylic acids is 1. The fraction of sp³-hybridized carbons (Fsp3) is 0.500. The molecule has 88 valence electrons. The van der Waals surface area contributed by atoms with Crippen LogP contribution in [-0.4, -0.2) is 20.6 Å². The molecule has 0 radical (unpaired) electrons. The van der Waals surface area contributed by atoms with E-state index in [-0.39, 0.29) is 10.6 Å². The Morgan fingerprint density at radius 1 is 1.62 bits per heavy atom. The smallest absolute Gasteiger partial charge is 0.352 e. The van der Waals surface area contributed by atoms with E-state index < -0.39 is 12.0 Å². The molecule has 1 aromatic rings. The molecule has 0 aliphatic rings. The third-order valence-corrected chi connectivity index (χ3v) is 2.50. The van der Waals surface area contributed by atoms with Gasteiger partial charge in [0.05, 0.1) is 0 Å². The fourth-order valence-electron chi connectivity index (χ4n) is 1.66. The molecule has 0 fully saturated rings. The number of hydrogen-bond acceptors (Lipinski definition) is 3. The maximum absolute atomic E-state index is 10.9. The van der Waals surface area contributed by atoms with Crippen molar-refractivity contribution in [1.82, 2.24) is 4.57 Å². The van der Waals surface area contributed by atoms with Gasteiger partial charge in [0.15, 0.2) is 0 Å². The topological polar surface area (TPSA) is 85.4 Å². The third-order valence-electron chi connectivity index (χ3n) is 2.50. The van der Waals surface area contributed by atoms with E-state index in [9.17, 15) is 14.9 Å². The zero-order valence-corrected chi connectivity index (χ0v) is 9.21. The third kappa shape index (κ3) is 2.21. The van der Waals surface area contributed by atoms with E-state index in [1.165, 1.54) is 10.6 Å². The molecule has 0 spiro atoms. The lowest BCUT2D eigenvalue weighted by Crippen LogP contribution is -2.08. The highest BCUT2D eigenvalue weighted by atomic mass is 16.6. The summed E-state index contributed by atoms with van der Waals surface area (Å²) in [5.41, 5.74) is 0.546. The van der Waals surface area contributed by atoms with E-state index in [1.54, 1.807) is 20.0 Å². The standard InChI is InChI=1S/C10H14N2O4/c1-3-8(12(15)16)7-5-9(10(13)14)11(4-2)6-7/h5-6,8H,3-4H2,1-2H3,(H,13,14). The summed E-state index contributed by atoms with van der Waals surface area (Å²) in [5, 5.41) is 19.7. The van der Waals surface area contributed by atoms with Crippen LogP contribution in [0.15, 0.2) is 12.3 Å². The van der Waals surface area contributed by atoms with Gasteiger partial charge >= 0.3 is 5.97 Å². The van der Waals surface area contributed by atoms with Gasteiger partial charge < -0.3 is 9.67 Å². The first-order chi connectivity index (χ1) is 7.51. The van der Waals surface area contributed by atoms with Crippen LogP contribution >= 0.6 is 0 Å². The van der Waals surface area contributed by atoms with Crippen LogP contribution in [0, 0.1) is 10.1 Å². The van der Waals surface area contributed by atoms with Crippen molar-refractivity contribution >= 4 is 5.97 Å². The minimum Gasteiger partial charge on any atom is -0.477 e. The van der Waals surface area contributed by atoms with Gasteiger partial charge in [-0.2, -0.15) is 0 Å². The van der Waals surface area contributed by atoms with E-state index in [0.717, 1.165) is 0 Å². The monoisotopic (exact) mass is 226 g/mol. The number of aryl methyl sites for hydroxylation is 1. The van der Waals surface area contributed by atoms with Crippen molar-refractivity contribution in [2.75, 3.05) is 0 Å². The molecule has 1 N–H and O–H groups in total. The maximum Gasteiger partial charge on any atom is 0.352 e. The first-order valence-corrected chi connectivity index (χ1v) is 5.08. The van der Waals surface area contributed by atoms with Crippen molar-refractivity contribution in [3.63, 3.8) is 0 Å². The summed E-state index contributed by atoms with van der Waals surface area (Å²) < 4.78 is 1.50. The molecule has 0 aliphatic heterocycles. The van der Waals surface area contributed by atoms with Gasteiger partial charge in [0.2, 0.25) is 6.04 Å². The van der Waals surface area contributed by atoms with Crippen molar-refractivity contribution in [1.29, 1.82) is 0 Å². The molecule has 0 saturated heterocycles. The molecular formula is C10H14N2O4. The summed E-state index contributed by atoms with van der Waals surface area (Å²) in [4.78, 5) is 21.3. The van der Waals surface area contributed by atoms with Gasteiger partial charge in [-0.25, -0.2) is 4.79 Å². The first kappa shape index (κ1) is 12.2. The molecule has 16 heavy (non-hydrogen) atoms. The Labute approximate surface area is 92.6 Å². The second kappa shape index (κ2) is 4.78. The van der Waals surface area contributed by atoms with Gasteiger partial charge in [0.25, 0.3) is 0 Å². The molecule has 1 heterocycles. The van der Waals surface area contributed by atoms with Crippen LogP contribution in [0.5, 0.6) is 0 Å². The quantitative estimate of drug-likeness (QED) is 0.614. The summed E-state index contributed by atoms with van der Waals surface area (Å²) >= 11 is 0. The Morgan fingerprint density at radius 2 is 2.25 bits per heavy atom. The van der Waals surface area contributed by atoms with Crippen molar-refractivity contribution in [2.24, 2.45) is 0 Å². The molecule has 1 rings (SSSR count). The number of hydrogen-bond donors (Lipinski definition) is 1. The highest BCUT2D eigenvalue weighted by Gasteiger charge is 2.24. The van der Waals surface area contributed by atoms with Crippen molar-refractivity contribution in [3.05, 3.63) is 33.6 Å². The van der Waals surface area contributed by atoms with E-state index >= 15 is 0 Å². The van der Waals surface area contributed by atoms with Crippen molar-refractivity contribution in [2.45, 2.75) is 32.9 Å². The zero-order valence-electron chi connectivity index (χ0n) is 9.21. The Balaban J connectivity index is 3.16. The molecule has 1 aromatic heterocycles. The Kier molecular flexibility index (Phi) is 3.65. The van der Waals surface area contributed by atoms with Crippen LogP contribution in [0.2, 0.25) is 0 Å². The van der Waals surface area contributed by atoms with Gasteiger partial charge in [-0.05, 0) is 13.0 Å². The van der Waals surface area contributed by atoms with Gasteiger partial charge in [-0.1, -0.05) is 6.92 Å². The second-order valence-electron chi connectivity index (χ2n) is 3.46. The van der Waals surface area contributed by atoms with Crippen LogP contribution in [0.4, 0.5) is 0 Å². The van der Waals surface area contributed by atoms with Gasteiger partial charge in [0, 0.05) is 29.6 Å². The summed E-state index contributed by atoms with van der Waals surface area (Å²) in [6.07, 6.45) is 1.89. The number of nitrogens with zero attached hydrogens (tertiary/aromatic N) is 2. The number of carboxylic acid groups (broad SMARTS) is 1. The molecular weight excluding hydrogens is 212 g/mol. The Bertz CT molecular complexity index is 411. The van der Waals surface area contributed by atoms with Crippen LogP contribution in [0.25, 0.3) is 0 Å². The normalized spacial score (nSPS) is 12.4. The SMILES string of the molecule is CCC(c1cc(C(=O)O)n(CC)c1)[N+](=O)[O-]. The summed E-state index contributed by atoms with van der Waals surface area (Å²) in [5.74, 6) is -1.06. The van der Waals surface area contributed by atoms with Crippen LogP contribution in [0.1, 0.15) is 42.4 Å². The van der Waals surface area contributed by atoms with E-state index in [4.69, 9.17) is 5.11 Å². The molecule has 0 aliphatic carbocycles. The number of aromatic nitrogens is 1. The predicted molar refractivity (Wildman–Crippen MR) is 57.1 cm³/mol. The maximum atomic E-state index is 10.9. The highest BCUT2D eigenvalue weighted by Crippen LogP contribution is 2.22. The van der Waals surface area contributed by atoms with Crippen molar-refractivity contribution in [3.8, 4) is 0 Å². The van der Waals surface area contributed by atoms with Gasteiger partial charge in [-0.3, -0.25) is 10.1 Å². The average molecular weight is 226 g/mol. The zero-order chi connectivity index (χ0) is 12.3. The number of rotatable bonds is 5. The van der Waals surface area contributed by atoms with Crippen LogP contribution < -0.4 is 0 Å². The van der Waals surface area contributed by atoms with Crippen LogP contribution in [0.3, 0.4) is 0 Å². The minimum atomic E-state index is -1.06. The molecule has 0 bridgehead atoms. The number of carbonyl (C=O) groups is 1. The molecule has 0 saturated carbocycles. The molecule has 6 heteroatoms. The second-order valence-corrected chi connectivity index (χ2v) is 3.46. The number of carboxylic acids is 1. The largest absolute Gasteiger partial charge is 0.477 e. The molecule has 6 nitrogen and oxygen atoms in total. The average Bonchev–Trinajstić information content (AvgIpc) is 2.62. The van der Waals surface area contributed by atoms with E-state index in [2.05, 4.69) is 0 Å². The fourth-order valence-corrected chi connectivity index (χ4v) is 1.66. The Morgan fingerprint density at radius 3 is 2.56 bits per heavy atom. The van der Waals surface area contributed by atoms with E-state index in [0.29, 0.717) is 18.5 Å². The molecule has 0 amide bonds. The molecule has 1 unspecified atom stereocenters. The lowest BCUT2D eigenvalue weighted by atomic mass is 10.1. The Hall–Kier alpha value is -1.85. The van der Waals surface area contributed by atoms with Crippen LogP contribution in [-0.2, 0) is 6.54 Å². The lowest BCUT2D eigenvalue weighted by Gasteiger charge is -2.03. The minimum absolute atomic E-state index is 0.0952. The van der Waals surface area contributed by atoms with Gasteiger partial charge in [0.1, 0.15) is 5.69 Å². The molecule has 0 aromatic carbocycles. The molecule has 1 atom stereocenters. The highest BCUT2D eigenvalue weighted by molar-refractivity contribution is 5.86. The number of nitro groups is 1. The summed E-state index contributed by atoms with van der Waals surface area (Å²) in [7, 11) is 0. The first-order valence-electron chi connectivity index (χ1n) is 5.08.